The summed E-state index contributed by atoms with van der Waals surface area (Å²) in [4.78, 5) is 41.0. The van der Waals surface area contributed by atoms with Crippen LogP contribution in [-0.4, -0.2) is 54.7 Å². The van der Waals surface area contributed by atoms with Crippen molar-refractivity contribution in [1.82, 2.24) is 15.2 Å². The smallest absolute Gasteiger partial charge is 0.303 e. The first-order chi connectivity index (χ1) is 16.7. The number of hydrogen-bond acceptors (Lipinski definition) is 6. The van der Waals surface area contributed by atoms with E-state index in [4.69, 9.17) is 10.8 Å². The van der Waals surface area contributed by atoms with E-state index in [9.17, 15) is 23.2 Å². The fourth-order valence-corrected chi connectivity index (χ4v) is 2.86. The van der Waals surface area contributed by atoms with Gasteiger partial charge in [0, 0.05) is 31.8 Å². The molecule has 0 aliphatic heterocycles. The number of carbonyl (C=O) groups excluding carboxylic acids is 2. The van der Waals surface area contributed by atoms with E-state index < -0.39 is 23.2 Å². The number of hydrogen-bond donors (Lipinski definition) is 4. The number of amides is 1. The number of nitrogens with one attached hydrogen (secondary N) is 2. The second-order valence-electron chi connectivity index (χ2n) is 6.84. The van der Waals surface area contributed by atoms with E-state index in [0.29, 0.717) is 18.1 Å². The maximum absolute atomic E-state index is 12.4. The van der Waals surface area contributed by atoms with Gasteiger partial charge < -0.3 is 10.8 Å². The lowest BCUT2D eigenvalue weighted by Crippen LogP contribution is -2.35. The van der Waals surface area contributed by atoms with Crippen molar-refractivity contribution in [3.05, 3.63) is 59.7 Å². The lowest BCUT2D eigenvalue weighted by Gasteiger charge is -2.12. The van der Waals surface area contributed by atoms with Crippen molar-refractivity contribution in [2.24, 2.45) is 15.7 Å². The lowest BCUT2D eigenvalue weighted by atomic mass is 10.2. The molecule has 0 heterocycles. The number of guanidine groups is 1. The molecular formula is C22H26F2N6O4S. The summed E-state index contributed by atoms with van der Waals surface area (Å²) >= 11 is 1.17. The summed E-state index contributed by atoms with van der Waals surface area (Å²) < 4.78 is 27.4. The Morgan fingerprint density at radius 3 is 2.23 bits per heavy atom. The fourth-order valence-electron chi connectivity index (χ4n) is 2.25. The number of hydrazine groups is 1. The first-order valence-electron chi connectivity index (χ1n) is 10.1. The molecular weight excluding hydrogens is 482 g/mol. The number of carboxylic acids is 1. The number of aliphatic carboxylic acids is 1. The second-order valence-corrected chi connectivity index (χ2v) is 7.72. The van der Waals surface area contributed by atoms with E-state index in [1.807, 2.05) is 0 Å². The average molecular weight is 509 g/mol. The van der Waals surface area contributed by atoms with E-state index in [1.165, 1.54) is 18.0 Å². The van der Waals surface area contributed by atoms with Crippen molar-refractivity contribution in [1.29, 1.82) is 0 Å². The zero-order chi connectivity index (χ0) is 26.2. The maximum Gasteiger partial charge on any atom is 0.303 e. The van der Waals surface area contributed by atoms with Crippen LogP contribution in [0.4, 0.5) is 14.5 Å². The predicted octanol–water partition coefficient (Wildman–Crippen LogP) is 2.88. The zero-order valence-corrected chi connectivity index (χ0v) is 19.9. The van der Waals surface area contributed by atoms with Gasteiger partial charge in [-0.3, -0.25) is 24.5 Å². The van der Waals surface area contributed by atoms with Gasteiger partial charge in [0.1, 0.15) is 11.6 Å². The molecule has 35 heavy (non-hydrogen) atoms. The van der Waals surface area contributed by atoms with Crippen LogP contribution in [0, 0.1) is 11.6 Å². The summed E-state index contributed by atoms with van der Waals surface area (Å²) in [5.41, 5.74) is 8.37. The van der Waals surface area contributed by atoms with Crippen molar-refractivity contribution in [3.8, 4) is 0 Å². The van der Waals surface area contributed by atoms with Gasteiger partial charge in [-0.1, -0.05) is 6.07 Å². The molecule has 0 atom stereocenters. The number of halogens is 2. The third kappa shape index (κ3) is 12.3. The molecule has 2 aromatic carbocycles. The van der Waals surface area contributed by atoms with Gasteiger partial charge in [-0.15, -0.1) is 0 Å². The SMILES string of the molecule is CN(C)NC(=Nc1ccc(SNC(=O)CCCC(=O)O)cc1)/N=C/N.O=Cc1c(F)cccc1F. The summed E-state index contributed by atoms with van der Waals surface area (Å²) in [6, 6.07) is 10.4. The molecule has 0 spiro atoms. The summed E-state index contributed by atoms with van der Waals surface area (Å²) in [7, 11) is 3.61. The van der Waals surface area contributed by atoms with Gasteiger partial charge in [-0.25, -0.2) is 23.8 Å². The number of benzene rings is 2. The molecule has 0 bridgehead atoms. The van der Waals surface area contributed by atoms with Crippen LogP contribution in [0.2, 0.25) is 0 Å². The first kappa shape index (κ1) is 29.2. The summed E-state index contributed by atoms with van der Waals surface area (Å²) in [5, 5.41) is 10.2. The number of aldehydes is 1. The van der Waals surface area contributed by atoms with E-state index >= 15 is 0 Å². The van der Waals surface area contributed by atoms with Crippen molar-refractivity contribution >= 4 is 48.1 Å². The van der Waals surface area contributed by atoms with Crippen molar-refractivity contribution in [2.75, 3.05) is 14.1 Å². The molecule has 0 aromatic heterocycles. The van der Waals surface area contributed by atoms with Gasteiger partial charge in [0.25, 0.3) is 0 Å². The molecule has 0 unspecified atom stereocenters. The Labute approximate surface area is 205 Å². The van der Waals surface area contributed by atoms with Crippen LogP contribution >= 0.6 is 11.9 Å². The zero-order valence-electron chi connectivity index (χ0n) is 19.1. The molecule has 0 radical (unpaired) electrons. The molecule has 2 aromatic rings. The third-order valence-corrected chi connectivity index (χ3v) is 4.62. The van der Waals surface area contributed by atoms with Crippen LogP contribution in [-0.2, 0) is 9.59 Å². The van der Waals surface area contributed by atoms with Crippen LogP contribution < -0.4 is 15.9 Å². The quantitative estimate of drug-likeness (QED) is 0.133. The standard InChI is InChI=1S/C15H22N6O3S.C7H4F2O/c1-21(2)19-15(17-10-16)18-11-6-8-12(9-7-11)25-20-13(22)4-3-5-14(23)24;8-6-2-1-3-7(9)5(6)4-10/h6-10H,3-5H2,1-2H3,(H,20,22)(H,23,24)(H3,16,17,18,19);1-4H. The fraction of sp³-hybridized carbons (Fsp3) is 0.227. The average Bonchev–Trinajstić information content (AvgIpc) is 2.79. The molecule has 1 amide bonds. The van der Waals surface area contributed by atoms with E-state index in [2.05, 4.69) is 20.1 Å². The Kier molecular flexibility index (Phi) is 13.3. The van der Waals surface area contributed by atoms with Crippen LogP contribution in [0.3, 0.4) is 0 Å². The number of rotatable bonds is 9. The Morgan fingerprint density at radius 2 is 1.74 bits per heavy atom. The number of nitrogens with two attached hydrogens (primary N) is 1. The van der Waals surface area contributed by atoms with Gasteiger partial charge in [0.15, 0.2) is 6.29 Å². The summed E-state index contributed by atoms with van der Waals surface area (Å²) in [6.07, 6.45) is 1.79. The molecule has 188 valence electrons. The molecule has 2 rings (SSSR count). The van der Waals surface area contributed by atoms with Gasteiger partial charge in [0.05, 0.1) is 17.6 Å². The molecule has 5 N–H and O–H groups in total. The minimum Gasteiger partial charge on any atom is -0.481 e. The van der Waals surface area contributed by atoms with Crippen molar-refractivity contribution < 1.29 is 28.3 Å². The van der Waals surface area contributed by atoms with Crippen LogP contribution in [0.25, 0.3) is 0 Å². The van der Waals surface area contributed by atoms with Gasteiger partial charge in [0.2, 0.25) is 11.9 Å². The second kappa shape index (κ2) is 15.9. The number of aliphatic imine (C=N–C) groups is 2. The van der Waals surface area contributed by atoms with Crippen LogP contribution in [0.1, 0.15) is 29.6 Å². The topological polar surface area (TPSA) is 149 Å². The Bertz CT molecular complexity index is 1030. The minimum absolute atomic E-state index is 0.0145. The van der Waals surface area contributed by atoms with Gasteiger partial charge in [-0.2, -0.15) is 0 Å². The normalized spacial score (nSPS) is 11.1. The predicted molar refractivity (Wildman–Crippen MR) is 130 cm³/mol. The minimum atomic E-state index is -0.904. The molecule has 10 nitrogen and oxygen atoms in total. The molecule has 0 saturated carbocycles. The summed E-state index contributed by atoms with van der Waals surface area (Å²) in [6.45, 7) is 0. The van der Waals surface area contributed by atoms with Crippen molar-refractivity contribution in [2.45, 2.75) is 24.2 Å². The van der Waals surface area contributed by atoms with E-state index in [-0.39, 0.29) is 25.0 Å². The van der Waals surface area contributed by atoms with Crippen LogP contribution in [0.15, 0.2) is 57.3 Å². The number of carbonyl (C=O) groups is 3. The van der Waals surface area contributed by atoms with E-state index in [0.717, 1.165) is 23.4 Å². The monoisotopic (exact) mass is 508 g/mol. The Balaban J connectivity index is 0.000000507. The highest BCUT2D eigenvalue weighted by Gasteiger charge is 2.06. The third-order valence-electron chi connectivity index (χ3n) is 3.79. The largest absolute Gasteiger partial charge is 0.481 e. The molecule has 0 aliphatic rings. The van der Waals surface area contributed by atoms with Gasteiger partial charge >= 0.3 is 5.97 Å². The van der Waals surface area contributed by atoms with Crippen LogP contribution in [0.5, 0.6) is 0 Å². The Morgan fingerprint density at radius 1 is 1.11 bits per heavy atom. The lowest BCUT2D eigenvalue weighted by molar-refractivity contribution is -0.137. The highest BCUT2D eigenvalue weighted by Crippen LogP contribution is 2.20. The number of carboxylic acid groups (broad SMARTS) is 1. The highest BCUT2D eigenvalue weighted by molar-refractivity contribution is 7.98. The number of nitrogens with zero attached hydrogens (tertiary/aromatic N) is 3. The summed E-state index contributed by atoms with van der Waals surface area (Å²) in [5.74, 6) is -2.41. The molecule has 0 fully saturated rings. The van der Waals surface area contributed by atoms with E-state index in [1.54, 1.807) is 43.4 Å². The maximum atomic E-state index is 12.4. The first-order valence-corrected chi connectivity index (χ1v) is 10.9. The van der Waals surface area contributed by atoms with Gasteiger partial charge in [-0.05, 0) is 54.8 Å². The van der Waals surface area contributed by atoms with Crippen molar-refractivity contribution in [3.63, 3.8) is 0 Å². The Hall–Kier alpha value is -3.84. The molecule has 0 saturated heterocycles. The highest BCUT2D eigenvalue weighted by atomic mass is 32.2. The molecule has 0 aliphatic carbocycles. The molecule has 13 heteroatoms.